The van der Waals surface area contributed by atoms with Gasteiger partial charge < -0.3 is 9.42 Å². The molecule has 0 saturated carbocycles. The molecule has 1 fully saturated rings. The number of halogens is 1. The molecule has 0 atom stereocenters. The maximum absolute atomic E-state index is 12.5. The summed E-state index contributed by atoms with van der Waals surface area (Å²) in [5.74, 6) is 1.15. The minimum Gasteiger partial charge on any atom is -0.338 e. The second kappa shape index (κ2) is 7.85. The van der Waals surface area contributed by atoms with Crippen molar-refractivity contribution >= 4 is 17.5 Å². The number of aromatic nitrogens is 3. The van der Waals surface area contributed by atoms with Crippen molar-refractivity contribution in [3.8, 4) is 11.4 Å². The first-order valence-electron chi connectivity index (χ1n) is 8.69. The maximum Gasteiger partial charge on any atom is 0.254 e. The lowest BCUT2D eigenvalue weighted by molar-refractivity contribution is 0.0615. The third-order valence-electron chi connectivity index (χ3n) is 4.52. The van der Waals surface area contributed by atoms with Crippen molar-refractivity contribution in [2.24, 2.45) is 0 Å². The first-order chi connectivity index (χ1) is 13.2. The Morgan fingerprint density at radius 3 is 2.44 bits per heavy atom. The monoisotopic (exact) mass is 383 g/mol. The third kappa shape index (κ3) is 4.15. The molecule has 1 amide bonds. The van der Waals surface area contributed by atoms with Crippen LogP contribution in [0, 0.1) is 0 Å². The van der Waals surface area contributed by atoms with Crippen molar-refractivity contribution in [3.05, 3.63) is 65.3 Å². The van der Waals surface area contributed by atoms with Gasteiger partial charge in [0, 0.05) is 54.7 Å². The molecule has 2 aromatic heterocycles. The number of carbonyl (C=O) groups is 1. The van der Waals surface area contributed by atoms with Gasteiger partial charge in [0.25, 0.3) is 5.91 Å². The highest BCUT2D eigenvalue weighted by molar-refractivity contribution is 6.30. The molecule has 0 radical (unpaired) electrons. The Balaban J connectivity index is 1.33. The Morgan fingerprint density at radius 2 is 1.74 bits per heavy atom. The minimum absolute atomic E-state index is 0.0415. The summed E-state index contributed by atoms with van der Waals surface area (Å²) >= 11 is 5.90. The summed E-state index contributed by atoms with van der Waals surface area (Å²) in [6.45, 7) is 3.42. The van der Waals surface area contributed by atoms with Crippen molar-refractivity contribution in [1.82, 2.24) is 24.9 Å². The van der Waals surface area contributed by atoms with E-state index in [0.29, 0.717) is 41.9 Å². The Morgan fingerprint density at radius 1 is 1.04 bits per heavy atom. The van der Waals surface area contributed by atoms with Crippen LogP contribution in [0.15, 0.2) is 53.3 Å². The highest BCUT2D eigenvalue weighted by Gasteiger charge is 2.23. The van der Waals surface area contributed by atoms with Gasteiger partial charge >= 0.3 is 0 Å². The second-order valence-electron chi connectivity index (χ2n) is 6.32. The number of hydrogen-bond donors (Lipinski definition) is 0. The molecule has 3 heterocycles. The molecule has 1 aliphatic heterocycles. The van der Waals surface area contributed by atoms with Crippen LogP contribution in [0.3, 0.4) is 0 Å². The predicted molar refractivity (Wildman–Crippen MR) is 100 cm³/mol. The molecule has 0 unspecified atom stereocenters. The van der Waals surface area contributed by atoms with E-state index in [-0.39, 0.29) is 5.91 Å². The standard InChI is InChI=1S/C19H18ClN5O2/c20-16-3-1-14(2-4-16)18-22-17(27-23-18)13-24-9-11-25(12-10-24)19(26)15-5-7-21-8-6-15/h1-8H,9-13H2. The lowest BCUT2D eigenvalue weighted by Crippen LogP contribution is -2.48. The van der Waals surface area contributed by atoms with E-state index in [1.807, 2.05) is 17.0 Å². The number of pyridine rings is 1. The average Bonchev–Trinajstić information content (AvgIpc) is 3.18. The first-order valence-corrected chi connectivity index (χ1v) is 9.07. The average molecular weight is 384 g/mol. The van der Waals surface area contributed by atoms with Gasteiger partial charge in [-0.15, -0.1) is 0 Å². The molecule has 0 aliphatic carbocycles. The van der Waals surface area contributed by atoms with Crippen LogP contribution in [0.1, 0.15) is 16.2 Å². The largest absolute Gasteiger partial charge is 0.338 e. The lowest BCUT2D eigenvalue weighted by atomic mass is 10.2. The van der Waals surface area contributed by atoms with E-state index >= 15 is 0 Å². The van der Waals surface area contributed by atoms with E-state index in [1.54, 1.807) is 36.7 Å². The summed E-state index contributed by atoms with van der Waals surface area (Å²) < 4.78 is 5.37. The molecule has 3 aromatic rings. The molecule has 4 rings (SSSR count). The van der Waals surface area contributed by atoms with Crippen LogP contribution in [0.4, 0.5) is 0 Å². The SMILES string of the molecule is O=C(c1ccncc1)N1CCN(Cc2nc(-c3ccc(Cl)cc3)no2)CC1. The highest BCUT2D eigenvalue weighted by Crippen LogP contribution is 2.19. The molecule has 0 N–H and O–H groups in total. The van der Waals surface area contributed by atoms with Gasteiger partial charge in [0.1, 0.15) is 0 Å². The quantitative estimate of drug-likeness (QED) is 0.689. The number of carbonyl (C=O) groups excluding carboxylic acids is 1. The van der Waals surface area contributed by atoms with E-state index in [1.165, 1.54) is 0 Å². The molecular weight excluding hydrogens is 366 g/mol. The van der Waals surface area contributed by atoms with E-state index in [0.717, 1.165) is 18.7 Å². The first kappa shape index (κ1) is 17.6. The van der Waals surface area contributed by atoms with Crippen molar-refractivity contribution in [2.75, 3.05) is 26.2 Å². The lowest BCUT2D eigenvalue weighted by Gasteiger charge is -2.33. The number of hydrogen-bond acceptors (Lipinski definition) is 6. The maximum atomic E-state index is 12.5. The van der Waals surface area contributed by atoms with Crippen LogP contribution >= 0.6 is 11.6 Å². The van der Waals surface area contributed by atoms with Crippen molar-refractivity contribution in [3.63, 3.8) is 0 Å². The van der Waals surface area contributed by atoms with Gasteiger partial charge in [0.05, 0.1) is 6.54 Å². The minimum atomic E-state index is 0.0415. The zero-order valence-electron chi connectivity index (χ0n) is 14.6. The summed E-state index contributed by atoms with van der Waals surface area (Å²) in [4.78, 5) is 24.9. The van der Waals surface area contributed by atoms with Gasteiger partial charge in [-0.2, -0.15) is 4.98 Å². The number of rotatable bonds is 4. The molecule has 1 aliphatic rings. The number of piperazine rings is 1. The molecule has 27 heavy (non-hydrogen) atoms. The van der Waals surface area contributed by atoms with Gasteiger partial charge in [-0.3, -0.25) is 14.7 Å². The number of amides is 1. The van der Waals surface area contributed by atoms with Crippen LogP contribution in [0.2, 0.25) is 5.02 Å². The molecule has 0 spiro atoms. The summed E-state index contributed by atoms with van der Waals surface area (Å²) in [5.41, 5.74) is 1.53. The fourth-order valence-electron chi connectivity index (χ4n) is 3.01. The Bertz CT molecular complexity index is 905. The van der Waals surface area contributed by atoms with Crippen LogP contribution < -0.4 is 0 Å². The Labute approximate surface area is 161 Å². The predicted octanol–water partition coefficient (Wildman–Crippen LogP) is 2.74. The van der Waals surface area contributed by atoms with Crippen LogP contribution in [-0.2, 0) is 6.54 Å². The third-order valence-corrected chi connectivity index (χ3v) is 4.77. The summed E-state index contributed by atoms with van der Waals surface area (Å²) in [7, 11) is 0. The fourth-order valence-corrected chi connectivity index (χ4v) is 3.14. The summed E-state index contributed by atoms with van der Waals surface area (Å²) in [5, 5.41) is 4.71. The molecule has 7 nitrogen and oxygen atoms in total. The van der Waals surface area contributed by atoms with Crippen LogP contribution in [-0.4, -0.2) is 57.0 Å². The van der Waals surface area contributed by atoms with Crippen molar-refractivity contribution < 1.29 is 9.32 Å². The zero-order chi connectivity index (χ0) is 18.6. The van der Waals surface area contributed by atoms with E-state index in [2.05, 4.69) is 20.0 Å². The van der Waals surface area contributed by atoms with Gasteiger partial charge in [0.15, 0.2) is 0 Å². The molecule has 138 valence electrons. The molecule has 1 aromatic carbocycles. The molecule has 1 saturated heterocycles. The van der Waals surface area contributed by atoms with Crippen molar-refractivity contribution in [1.29, 1.82) is 0 Å². The van der Waals surface area contributed by atoms with Gasteiger partial charge in [0.2, 0.25) is 11.7 Å². The fraction of sp³-hybridized carbons (Fsp3) is 0.263. The van der Waals surface area contributed by atoms with E-state index in [4.69, 9.17) is 16.1 Å². The number of nitrogens with zero attached hydrogens (tertiary/aromatic N) is 5. The summed E-state index contributed by atoms with van der Waals surface area (Å²) in [6.07, 6.45) is 3.27. The van der Waals surface area contributed by atoms with Crippen LogP contribution in [0.5, 0.6) is 0 Å². The molecular formula is C19H18ClN5O2. The molecule has 8 heteroatoms. The van der Waals surface area contributed by atoms with Gasteiger partial charge in [-0.05, 0) is 36.4 Å². The molecule has 0 bridgehead atoms. The topological polar surface area (TPSA) is 75.4 Å². The zero-order valence-corrected chi connectivity index (χ0v) is 15.3. The Kier molecular flexibility index (Phi) is 5.13. The number of benzene rings is 1. The normalized spacial score (nSPS) is 15.1. The van der Waals surface area contributed by atoms with E-state index in [9.17, 15) is 4.79 Å². The van der Waals surface area contributed by atoms with E-state index < -0.39 is 0 Å². The van der Waals surface area contributed by atoms with Crippen LogP contribution in [0.25, 0.3) is 11.4 Å². The summed E-state index contributed by atoms with van der Waals surface area (Å²) in [6, 6.07) is 10.8. The van der Waals surface area contributed by atoms with Gasteiger partial charge in [-0.25, -0.2) is 0 Å². The Hall–Kier alpha value is -2.77. The second-order valence-corrected chi connectivity index (χ2v) is 6.76. The van der Waals surface area contributed by atoms with Crippen molar-refractivity contribution in [2.45, 2.75) is 6.54 Å². The smallest absolute Gasteiger partial charge is 0.254 e. The highest BCUT2D eigenvalue weighted by atomic mass is 35.5. The van der Waals surface area contributed by atoms with Gasteiger partial charge in [-0.1, -0.05) is 16.8 Å².